The van der Waals surface area contributed by atoms with Crippen LogP contribution in [0, 0.1) is 0 Å². The first-order valence-electron chi connectivity index (χ1n) is 0.801. The minimum Gasteiger partial charge on any atom is -0.588 e. The molecule has 0 N–H and O–H groups in total. The monoisotopic (exact) mass is 116 g/mol. The molecule has 0 radical (unpaired) electrons. The molecule has 0 aromatic carbocycles. The van der Waals surface area contributed by atoms with Crippen LogP contribution >= 0.6 is 11.8 Å². The van der Waals surface area contributed by atoms with Crippen LogP contribution in [-0.2, 0) is 0 Å². The Morgan fingerprint density at radius 2 is 2.00 bits per heavy atom. The topological polar surface area (TPSA) is 54.2 Å². The smallest absolute Gasteiger partial charge is 0.588 e. The van der Waals surface area contributed by atoms with Gasteiger partial charge in [0.1, 0.15) is 0 Å². The van der Waals surface area contributed by atoms with Gasteiger partial charge < -0.3 is 14.7 Å². The Labute approximate surface area is 62.1 Å². The first kappa shape index (κ1) is 9.75. The van der Waals surface area contributed by atoms with Gasteiger partial charge in [-0.3, -0.25) is 0 Å². The van der Waals surface area contributed by atoms with Crippen LogP contribution < -0.4 is 34.7 Å². The summed E-state index contributed by atoms with van der Waals surface area (Å²) >= 11 is 4.30. The number of rotatable bonds is 0. The minimum absolute atomic E-state index is 0. The summed E-state index contributed by atoms with van der Waals surface area (Å²) < 4.78 is 0. The predicted octanol–water partition coefficient (Wildman–Crippen LogP) is -3.14. The van der Waals surface area contributed by atoms with Gasteiger partial charge in [0.05, 0.1) is 0 Å². The van der Waals surface area contributed by atoms with Gasteiger partial charge in [-0.05, 0) is 6.09 Å². The Hall–Kier alpha value is 0.560. The molecule has 0 saturated heterocycles. The second-order valence-electron chi connectivity index (χ2n) is 0.350. The van der Waals surface area contributed by atoms with E-state index in [9.17, 15) is 0 Å². The summed E-state index contributed by atoms with van der Waals surface area (Å²) in [5, 5.41) is 8.96. The molecule has 30 valence electrons. The number of hydrogen-bond acceptors (Lipinski definition) is 2. The molecule has 0 unspecified atom stereocenters. The van der Waals surface area contributed by atoms with Gasteiger partial charge in [-0.1, -0.05) is 0 Å². The third-order valence-corrected chi connectivity index (χ3v) is 0.207. The standard InChI is InChI=1S/CHClNO2.Na/c2-3-1(4)5;/h(H,4,5);/q-1;+1/p-1. The molecule has 0 atom stereocenters. The van der Waals surface area contributed by atoms with Gasteiger partial charge in [0, 0.05) is 0 Å². The summed E-state index contributed by atoms with van der Waals surface area (Å²) in [7, 11) is 0. The molecule has 1 amide bonds. The van der Waals surface area contributed by atoms with Crippen molar-refractivity contribution in [2.24, 2.45) is 0 Å². The third-order valence-electron chi connectivity index (χ3n) is 0.0690. The maximum Gasteiger partial charge on any atom is 1.00 e. The Balaban J connectivity index is 0. The van der Waals surface area contributed by atoms with Crippen molar-refractivity contribution < 1.29 is 39.5 Å². The van der Waals surface area contributed by atoms with Crippen LogP contribution in [0.1, 0.15) is 0 Å². The molecule has 0 rings (SSSR count). The molecule has 0 aromatic heterocycles. The molecule has 0 heterocycles. The summed E-state index contributed by atoms with van der Waals surface area (Å²) in [6.45, 7) is 0. The Kier molecular flexibility index (Phi) is 9.04. The summed E-state index contributed by atoms with van der Waals surface area (Å²) in [4.78, 5) is 11.1. The van der Waals surface area contributed by atoms with Crippen LogP contribution in [-0.4, -0.2) is 6.09 Å². The van der Waals surface area contributed by atoms with Crippen LogP contribution in [0.25, 0.3) is 4.84 Å². The molecule has 0 aliphatic rings. The van der Waals surface area contributed by atoms with Gasteiger partial charge in [0.2, 0.25) is 0 Å². The Morgan fingerprint density at radius 3 is 2.00 bits per heavy atom. The second kappa shape index (κ2) is 5.56. The SMILES string of the molecule is O=C([O-])[N-]Cl.[Na+]. The molecule has 0 aliphatic carbocycles. The number of hydrogen-bond donors (Lipinski definition) is 0. The van der Waals surface area contributed by atoms with E-state index in [-0.39, 0.29) is 29.6 Å². The maximum atomic E-state index is 8.96. The molecule has 3 nitrogen and oxygen atoms in total. The van der Waals surface area contributed by atoms with Crippen LogP contribution in [0.5, 0.6) is 0 Å². The summed E-state index contributed by atoms with van der Waals surface area (Å²) in [5.74, 6) is 0. The fourth-order valence-electron chi connectivity index (χ4n) is 0. The molecule has 0 aromatic rings. The van der Waals surface area contributed by atoms with Crippen molar-refractivity contribution in [2.45, 2.75) is 0 Å². The number of halogens is 1. The Morgan fingerprint density at radius 1 is 1.83 bits per heavy atom. The number of carbonyl (C=O) groups excluding carboxylic acids is 1. The van der Waals surface area contributed by atoms with Gasteiger partial charge in [0.15, 0.2) is 0 Å². The normalized spacial score (nSPS) is 5.50. The third kappa shape index (κ3) is 8.82. The zero-order chi connectivity index (χ0) is 4.28. The molecule has 0 bridgehead atoms. The van der Waals surface area contributed by atoms with E-state index >= 15 is 0 Å². The van der Waals surface area contributed by atoms with E-state index in [2.05, 4.69) is 16.6 Å². The number of carbonyl (C=O) groups is 1. The van der Waals surface area contributed by atoms with E-state index < -0.39 is 6.09 Å². The maximum absolute atomic E-state index is 8.96. The quantitative estimate of drug-likeness (QED) is 0.314. The molecule has 0 spiro atoms. The number of nitrogens with zero attached hydrogens (tertiary/aromatic N) is 1. The molecule has 6 heavy (non-hydrogen) atoms. The molecule has 0 aliphatic heterocycles. The fourth-order valence-corrected chi connectivity index (χ4v) is 0. The average Bonchev–Trinajstić information content (AvgIpc) is 1.38. The van der Waals surface area contributed by atoms with Gasteiger partial charge in [-0.15, -0.1) is 0 Å². The molecular formula is CClNNaO2-. The van der Waals surface area contributed by atoms with Gasteiger partial charge in [-0.25, -0.2) is 11.8 Å². The molecule has 0 saturated carbocycles. The summed E-state index contributed by atoms with van der Waals surface area (Å²) in [6.07, 6.45) is -1.60. The van der Waals surface area contributed by atoms with E-state index in [4.69, 9.17) is 9.90 Å². The van der Waals surface area contributed by atoms with Gasteiger partial charge in [-0.2, -0.15) is 0 Å². The van der Waals surface area contributed by atoms with Crippen molar-refractivity contribution in [2.75, 3.05) is 0 Å². The van der Waals surface area contributed by atoms with Crippen LogP contribution in [0.4, 0.5) is 4.79 Å². The van der Waals surface area contributed by atoms with Crippen molar-refractivity contribution >= 4 is 17.9 Å². The summed E-state index contributed by atoms with van der Waals surface area (Å²) in [5.41, 5.74) is 0. The van der Waals surface area contributed by atoms with E-state index in [0.717, 1.165) is 0 Å². The number of amides is 1. The summed E-state index contributed by atoms with van der Waals surface area (Å²) in [6, 6.07) is 0. The Bertz CT molecular complexity index is 48.8. The average molecular weight is 116 g/mol. The molecular weight excluding hydrogens is 116 g/mol. The van der Waals surface area contributed by atoms with E-state index in [1.165, 1.54) is 0 Å². The van der Waals surface area contributed by atoms with Crippen LogP contribution in [0.2, 0.25) is 0 Å². The fraction of sp³-hybridized carbons (Fsp3) is 0. The molecule has 0 fully saturated rings. The zero-order valence-electron chi connectivity index (χ0n) is 3.14. The van der Waals surface area contributed by atoms with E-state index in [1.54, 1.807) is 0 Å². The van der Waals surface area contributed by atoms with E-state index in [0.29, 0.717) is 0 Å². The van der Waals surface area contributed by atoms with Gasteiger partial charge in [0.25, 0.3) is 0 Å². The predicted molar refractivity (Wildman–Crippen MR) is 14.6 cm³/mol. The zero-order valence-corrected chi connectivity index (χ0v) is 5.90. The van der Waals surface area contributed by atoms with Crippen LogP contribution in [0.15, 0.2) is 0 Å². The largest absolute Gasteiger partial charge is 1.00 e. The van der Waals surface area contributed by atoms with Gasteiger partial charge >= 0.3 is 29.6 Å². The molecule has 5 heteroatoms. The van der Waals surface area contributed by atoms with Crippen molar-refractivity contribution in [3.05, 3.63) is 4.84 Å². The van der Waals surface area contributed by atoms with Crippen LogP contribution in [0.3, 0.4) is 0 Å². The van der Waals surface area contributed by atoms with E-state index in [1.807, 2.05) is 0 Å². The van der Waals surface area contributed by atoms with Crippen molar-refractivity contribution in [3.8, 4) is 0 Å². The number of carboxylic acid groups (broad SMARTS) is 1. The first-order chi connectivity index (χ1) is 2.27. The first-order valence-corrected chi connectivity index (χ1v) is 1.14. The van der Waals surface area contributed by atoms with Crippen molar-refractivity contribution in [3.63, 3.8) is 0 Å². The van der Waals surface area contributed by atoms with Crippen molar-refractivity contribution in [1.82, 2.24) is 0 Å². The second-order valence-corrected chi connectivity index (χ2v) is 0.519. The minimum atomic E-state index is -1.60. The van der Waals surface area contributed by atoms with Crippen molar-refractivity contribution in [1.29, 1.82) is 0 Å².